The van der Waals surface area contributed by atoms with Crippen LogP contribution < -0.4 is 14.8 Å². The lowest BCUT2D eigenvalue weighted by molar-refractivity contribution is 0.353. The van der Waals surface area contributed by atoms with Gasteiger partial charge in [0.2, 0.25) is 0 Å². The Kier molecular flexibility index (Phi) is 3.65. The molecule has 4 nitrogen and oxygen atoms in total. The summed E-state index contributed by atoms with van der Waals surface area (Å²) in [6, 6.07) is 16.2. The Morgan fingerprint density at radius 1 is 1.00 bits per heavy atom. The third-order valence-corrected chi connectivity index (χ3v) is 4.66. The molecule has 4 rings (SSSR count). The van der Waals surface area contributed by atoms with E-state index in [1.165, 1.54) is 5.39 Å². The van der Waals surface area contributed by atoms with Crippen molar-refractivity contribution >= 4 is 43.9 Å². The van der Waals surface area contributed by atoms with E-state index in [-0.39, 0.29) is 0 Å². The van der Waals surface area contributed by atoms with Gasteiger partial charge < -0.3 is 14.8 Å². The lowest BCUT2D eigenvalue weighted by Crippen LogP contribution is -2.16. The number of halogens is 1. The summed E-state index contributed by atoms with van der Waals surface area (Å²) in [7, 11) is 3.25. The number of benzene rings is 3. The molecule has 0 atom stereocenters. The molecule has 120 valence electrons. The minimum Gasteiger partial charge on any atom is -0.493 e. The summed E-state index contributed by atoms with van der Waals surface area (Å²) in [6.45, 7) is 0. The SMILES string of the molecule is COc1cc(C2=Nc3cccc4cccc(c34)N2)cc(Br)c1OC. The first-order chi connectivity index (χ1) is 11.7. The molecule has 3 aromatic rings. The van der Waals surface area contributed by atoms with Gasteiger partial charge in [0.25, 0.3) is 0 Å². The highest BCUT2D eigenvalue weighted by Gasteiger charge is 2.18. The maximum absolute atomic E-state index is 5.44. The van der Waals surface area contributed by atoms with Gasteiger partial charge in [-0.2, -0.15) is 0 Å². The minimum atomic E-state index is 0.656. The molecule has 24 heavy (non-hydrogen) atoms. The average molecular weight is 383 g/mol. The van der Waals surface area contributed by atoms with E-state index < -0.39 is 0 Å². The molecular weight excluding hydrogens is 368 g/mol. The molecule has 0 saturated carbocycles. The monoisotopic (exact) mass is 382 g/mol. The van der Waals surface area contributed by atoms with Crippen molar-refractivity contribution in [3.8, 4) is 11.5 Å². The number of hydrogen-bond donors (Lipinski definition) is 1. The summed E-state index contributed by atoms with van der Waals surface area (Å²) < 4.78 is 11.6. The quantitative estimate of drug-likeness (QED) is 0.683. The largest absolute Gasteiger partial charge is 0.493 e. The van der Waals surface area contributed by atoms with Crippen LogP contribution >= 0.6 is 15.9 Å². The molecule has 3 aromatic carbocycles. The highest BCUT2D eigenvalue weighted by molar-refractivity contribution is 9.10. The zero-order valence-corrected chi connectivity index (χ0v) is 14.8. The van der Waals surface area contributed by atoms with Crippen molar-refractivity contribution in [2.24, 2.45) is 4.99 Å². The van der Waals surface area contributed by atoms with Crippen molar-refractivity contribution in [3.63, 3.8) is 0 Å². The van der Waals surface area contributed by atoms with E-state index in [1.807, 2.05) is 30.3 Å². The number of amidine groups is 1. The molecule has 0 saturated heterocycles. The predicted octanol–water partition coefficient (Wildman–Crippen LogP) is 5.12. The van der Waals surface area contributed by atoms with Crippen LogP contribution in [0.3, 0.4) is 0 Å². The van der Waals surface area contributed by atoms with Crippen LogP contribution in [0.1, 0.15) is 5.56 Å². The van der Waals surface area contributed by atoms with Gasteiger partial charge in [0, 0.05) is 16.6 Å². The van der Waals surface area contributed by atoms with Crippen LogP contribution in [-0.4, -0.2) is 20.1 Å². The summed E-state index contributed by atoms with van der Waals surface area (Å²) in [4.78, 5) is 4.79. The molecule has 1 aliphatic heterocycles. The Morgan fingerprint density at radius 3 is 2.54 bits per heavy atom. The first-order valence-electron chi connectivity index (χ1n) is 7.50. The molecule has 0 aliphatic carbocycles. The molecule has 0 spiro atoms. The van der Waals surface area contributed by atoms with Crippen molar-refractivity contribution in [2.75, 3.05) is 19.5 Å². The summed E-state index contributed by atoms with van der Waals surface area (Å²) in [5.74, 6) is 2.10. The van der Waals surface area contributed by atoms with Crippen molar-refractivity contribution in [1.82, 2.24) is 0 Å². The standard InChI is InChI=1S/C19H15BrN2O2/c1-23-16-10-12(9-13(20)18(16)24-2)19-21-14-7-3-5-11-6-4-8-15(22-19)17(11)14/h3-10H,1-2H3,(H,21,22). The van der Waals surface area contributed by atoms with Crippen LogP contribution in [-0.2, 0) is 0 Å². The zero-order chi connectivity index (χ0) is 16.7. The number of ether oxygens (including phenoxy) is 2. The van der Waals surface area contributed by atoms with Crippen LogP contribution in [0.5, 0.6) is 11.5 Å². The number of methoxy groups -OCH3 is 2. The first kappa shape index (κ1) is 15.0. The van der Waals surface area contributed by atoms with E-state index in [9.17, 15) is 0 Å². The van der Waals surface area contributed by atoms with E-state index in [1.54, 1.807) is 14.2 Å². The molecule has 0 radical (unpaired) electrons. The lowest BCUT2D eigenvalue weighted by atomic mass is 10.0. The molecule has 0 aromatic heterocycles. The number of hydrogen-bond acceptors (Lipinski definition) is 4. The van der Waals surface area contributed by atoms with Crippen molar-refractivity contribution in [3.05, 3.63) is 58.6 Å². The normalized spacial score (nSPS) is 12.5. The predicted molar refractivity (Wildman–Crippen MR) is 101 cm³/mol. The molecule has 5 heteroatoms. The summed E-state index contributed by atoms with van der Waals surface area (Å²) in [6.07, 6.45) is 0. The topological polar surface area (TPSA) is 42.8 Å². The summed E-state index contributed by atoms with van der Waals surface area (Å²) >= 11 is 3.54. The fraction of sp³-hybridized carbons (Fsp3) is 0.105. The van der Waals surface area contributed by atoms with Crippen molar-refractivity contribution in [2.45, 2.75) is 0 Å². The number of nitrogens with one attached hydrogen (secondary N) is 1. The number of anilines is 1. The molecule has 0 unspecified atom stereocenters. The fourth-order valence-electron chi connectivity index (χ4n) is 2.99. The van der Waals surface area contributed by atoms with Crippen molar-refractivity contribution < 1.29 is 9.47 Å². The highest BCUT2D eigenvalue weighted by Crippen LogP contribution is 2.39. The lowest BCUT2D eigenvalue weighted by Gasteiger charge is -2.20. The first-order valence-corrected chi connectivity index (χ1v) is 8.30. The Hall–Kier alpha value is -2.53. The van der Waals surface area contributed by atoms with Crippen LogP contribution in [0.15, 0.2) is 58.0 Å². The molecule has 1 aliphatic rings. The van der Waals surface area contributed by atoms with Gasteiger partial charge in [0.05, 0.1) is 24.4 Å². The van der Waals surface area contributed by atoms with Gasteiger partial charge >= 0.3 is 0 Å². The van der Waals surface area contributed by atoms with Gasteiger partial charge in [0.1, 0.15) is 5.84 Å². The molecular formula is C19H15BrN2O2. The third kappa shape index (κ3) is 2.32. The smallest absolute Gasteiger partial charge is 0.174 e. The number of aliphatic imine (C=N–C) groups is 1. The highest BCUT2D eigenvalue weighted by atomic mass is 79.9. The van der Waals surface area contributed by atoms with E-state index in [0.717, 1.165) is 32.6 Å². The van der Waals surface area contributed by atoms with Gasteiger partial charge in [-0.3, -0.25) is 0 Å². The Bertz CT molecular complexity index is 977. The van der Waals surface area contributed by atoms with Crippen LogP contribution in [0.4, 0.5) is 11.4 Å². The molecule has 1 N–H and O–H groups in total. The molecule has 1 heterocycles. The summed E-state index contributed by atoms with van der Waals surface area (Å²) in [5, 5.41) is 5.74. The van der Waals surface area contributed by atoms with Crippen LogP contribution in [0.25, 0.3) is 10.8 Å². The fourth-order valence-corrected chi connectivity index (χ4v) is 3.59. The second-order valence-corrected chi connectivity index (χ2v) is 6.31. The number of nitrogens with zero attached hydrogens (tertiary/aromatic N) is 1. The number of rotatable bonds is 3. The van der Waals surface area contributed by atoms with Gasteiger partial charge in [0.15, 0.2) is 11.5 Å². The Morgan fingerprint density at radius 2 is 1.79 bits per heavy atom. The molecule has 0 amide bonds. The Balaban J connectivity index is 1.88. The minimum absolute atomic E-state index is 0.656. The molecule has 0 fully saturated rings. The van der Waals surface area contributed by atoms with E-state index in [4.69, 9.17) is 14.5 Å². The van der Waals surface area contributed by atoms with Crippen molar-refractivity contribution in [1.29, 1.82) is 0 Å². The van der Waals surface area contributed by atoms with Crippen LogP contribution in [0, 0.1) is 0 Å². The molecule has 0 bridgehead atoms. The zero-order valence-electron chi connectivity index (χ0n) is 13.3. The van der Waals surface area contributed by atoms with E-state index in [0.29, 0.717) is 11.5 Å². The second kappa shape index (κ2) is 5.83. The third-order valence-electron chi connectivity index (χ3n) is 4.08. The maximum Gasteiger partial charge on any atom is 0.174 e. The summed E-state index contributed by atoms with van der Waals surface area (Å²) in [5.41, 5.74) is 2.94. The van der Waals surface area contributed by atoms with E-state index in [2.05, 4.69) is 39.4 Å². The van der Waals surface area contributed by atoms with E-state index >= 15 is 0 Å². The average Bonchev–Trinajstić information content (AvgIpc) is 2.61. The van der Waals surface area contributed by atoms with Gasteiger partial charge in [-0.25, -0.2) is 4.99 Å². The maximum atomic E-state index is 5.44. The van der Waals surface area contributed by atoms with Crippen LogP contribution in [0.2, 0.25) is 0 Å². The van der Waals surface area contributed by atoms with Gasteiger partial charge in [-0.1, -0.05) is 24.3 Å². The van der Waals surface area contributed by atoms with Gasteiger partial charge in [-0.15, -0.1) is 0 Å². The Labute approximate surface area is 148 Å². The second-order valence-electron chi connectivity index (χ2n) is 5.46. The van der Waals surface area contributed by atoms with Gasteiger partial charge in [-0.05, 0) is 45.6 Å².